The summed E-state index contributed by atoms with van der Waals surface area (Å²) < 4.78 is 5.13. The summed E-state index contributed by atoms with van der Waals surface area (Å²) in [5.74, 6) is 0.602. The van der Waals surface area contributed by atoms with Crippen molar-refractivity contribution >= 4 is 0 Å². The largest absolute Gasteiger partial charge is 0.384 e. The molecule has 104 valence electrons. The monoisotopic (exact) mass is 244 g/mol. The van der Waals surface area contributed by atoms with Crippen molar-refractivity contribution < 1.29 is 4.74 Å². The minimum atomic E-state index is 0.602. The molecule has 17 heavy (non-hydrogen) atoms. The predicted octanol–water partition coefficient (Wildman–Crippen LogP) is 2.37. The van der Waals surface area contributed by atoms with Crippen molar-refractivity contribution in [2.24, 2.45) is 5.92 Å². The smallest absolute Gasteiger partial charge is 0.0499 e. The minimum absolute atomic E-state index is 0.602. The molecule has 3 nitrogen and oxygen atoms in total. The van der Waals surface area contributed by atoms with E-state index in [0.29, 0.717) is 12.0 Å². The summed E-state index contributed by atoms with van der Waals surface area (Å²) >= 11 is 0. The summed E-state index contributed by atoms with van der Waals surface area (Å²) in [5, 5.41) is 3.58. The van der Waals surface area contributed by atoms with Gasteiger partial charge in [-0.3, -0.25) is 0 Å². The Labute approximate surface area is 108 Å². The Balaban J connectivity index is 3.48. The highest BCUT2D eigenvalue weighted by Gasteiger charge is 2.06. The number of nitrogens with zero attached hydrogens (tertiary/aromatic N) is 1. The van der Waals surface area contributed by atoms with Crippen LogP contribution in [0.3, 0.4) is 0 Å². The highest BCUT2D eigenvalue weighted by atomic mass is 16.5. The van der Waals surface area contributed by atoms with Gasteiger partial charge < -0.3 is 15.0 Å². The number of hydrogen-bond acceptors (Lipinski definition) is 3. The van der Waals surface area contributed by atoms with Gasteiger partial charge in [0.05, 0.1) is 0 Å². The van der Waals surface area contributed by atoms with Crippen LogP contribution in [-0.4, -0.2) is 50.8 Å². The van der Waals surface area contributed by atoms with Gasteiger partial charge in [-0.25, -0.2) is 0 Å². The lowest BCUT2D eigenvalue weighted by molar-refractivity contribution is 0.156. The lowest BCUT2D eigenvalue weighted by Crippen LogP contribution is -2.33. The molecule has 0 aliphatic heterocycles. The van der Waals surface area contributed by atoms with E-state index in [1.165, 1.54) is 32.5 Å². The van der Waals surface area contributed by atoms with Crippen LogP contribution in [0, 0.1) is 5.92 Å². The lowest BCUT2D eigenvalue weighted by atomic mass is 10.1. The molecule has 0 rings (SSSR count). The van der Waals surface area contributed by atoms with Crippen molar-refractivity contribution in [3.8, 4) is 0 Å². The van der Waals surface area contributed by atoms with Crippen LogP contribution in [0.5, 0.6) is 0 Å². The second-order valence-corrected chi connectivity index (χ2v) is 5.04. The first-order valence-corrected chi connectivity index (χ1v) is 7.08. The molecule has 0 fully saturated rings. The first-order valence-electron chi connectivity index (χ1n) is 7.08. The van der Waals surface area contributed by atoms with Crippen molar-refractivity contribution in [1.82, 2.24) is 10.2 Å². The summed E-state index contributed by atoms with van der Waals surface area (Å²) in [7, 11) is 1.77. The molecule has 0 bridgehead atoms. The van der Waals surface area contributed by atoms with E-state index in [4.69, 9.17) is 4.74 Å². The maximum Gasteiger partial charge on any atom is 0.0499 e. The fourth-order valence-corrected chi connectivity index (χ4v) is 2.01. The Morgan fingerprint density at radius 3 is 2.35 bits per heavy atom. The molecule has 3 heteroatoms. The molecule has 0 spiro atoms. The standard InChI is InChI=1S/C14H32N2O/c1-6-16(7-2)10-8-9-14(4)15-11-13(3)12-17-5/h13-15H,6-12H2,1-5H3. The fraction of sp³-hybridized carbons (Fsp3) is 1.00. The van der Waals surface area contributed by atoms with E-state index in [1.807, 2.05) is 0 Å². The summed E-state index contributed by atoms with van der Waals surface area (Å²) in [6.45, 7) is 14.4. The Kier molecular flexibility index (Phi) is 10.9. The van der Waals surface area contributed by atoms with E-state index in [2.05, 4.69) is 37.9 Å². The summed E-state index contributed by atoms with van der Waals surface area (Å²) in [4.78, 5) is 2.49. The summed E-state index contributed by atoms with van der Waals surface area (Å²) in [5.41, 5.74) is 0. The quantitative estimate of drug-likeness (QED) is 0.604. The summed E-state index contributed by atoms with van der Waals surface area (Å²) in [6.07, 6.45) is 2.55. The van der Waals surface area contributed by atoms with Crippen LogP contribution in [-0.2, 0) is 4.74 Å². The third kappa shape index (κ3) is 9.57. The molecule has 2 unspecified atom stereocenters. The minimum Gasteiger partial charge on any atom is -0.384 e. The summed E-state index contributed by atoms with van der Waals surface area (Å²) in [6, 6.07) is 0.616. The van der Waals surface area contributed by atoms with E-state index in [-0.39, 0.29) is 0 Å². The van der Waals surface area contributed by atoms with Gasteiger partial charge in [-0.05, 0) is 45.3 Å². The van der Waals surface area contributed by atoms with Gasteiger partial charge in [-0.15, -0.1) is 0 Å². The molecule has 2 atom stereocenters. The van der Waals surface area contributed by atoms with Gasteiger partial charge in [0, 0.05) is 26.3 Å². The number of rotatable bonds is 11. The van der Waals surface area contributed by atoms with Crippen LogP contribution in [0.15, 0.2) is 0 Å². The van der Waals surface area contributed by atoms with E-state index >= 15 is 0 Å². The molecule has 0 radical (unpaired) electrons. The fourth-order valence-electron chi connectivity index (χ4n) is 2.01. The van der Waals surface area contributed by atoms with Crippen molar-refractivity contribution in [2.75, 3.05) is 39.9 Å². The van der Waals surface area contributed by atoms with Crippen LogP contribution < -0.4 is 5.32 Å². The van der Waals surface area contributed by atoms with E-state index in [1.54, 1.807) is 7.11 Å². The van der Waals surface area contributed by atoms with E-state index in [9.17, 15) is 0 Å². The number of nitrogens with one attached hydrogen (secondary N) is 1. The van der Waals surface area contributed by atoms with Crippen LogP contribution in [0.25, 0.3) is 0 Å². The first kappa shape index (κ1) is 16.9. The SMILES string of the molecule is CCN(CC)CCCC(C)NCC(C)COC. The van der Waals surface area contributed by atoms with Gasteiger partial charge in [0.15, 0.2) is 0 Å². The lowest BCUT2D eigenvalue weighted by Gasteiger charge is -2.20. The number of hydrogen-bond donors (Lipinski definition) is 1. The van der Waals surface area contributed by atoms with Gasteiger partial charge in [-0.2, -0.15) is 0 Å². The van der Waals surface area contributed by atoms with Crippen molar-refractivity contribution in [3.63, 3.8) is 0 Å². The molecule has 0 aliphatic rings. The average Bonchev–Trinajstić information content (AvgIpc) is 2.32. The van der Waals surface area contributed by atoms with Crippen molar-refractivity contribution in [2.45, 2.75) is 46.6 Å². The van der Waals surface area contributed by atoms with Crippen LogP contribution in [0.2, 0.25) is 0 Å². The Hall–Kier alpha value is -0.120. The predicted molar refractivity (Wildman–Crippen MR) is 75.5 cm³/mol. The molecule has 1 N–H and O–H groups in total. The highest BCUT2D eigenvalue weighted by molar-refractivity contribution is 4.65. The highest BCUT2D eigenvalue weighted by Crippen LogP contribution is 2.01. The topological polar surface area (TPSA) is 24.5 Å². The van der Waals surface area contributed by atoms with Gasteiger partial charge in [0.2, 0.25) is 0 Å². The molecule has 0 saturated carbocycles. The average molecular weight is 244 g/mol. The van der Waals surface area contributed by atoms with Crippen molar-refractivity contribution in [3.05, 3.63) is 0 Å². The van der Waals surface area contributed by atoms with Gasteiger partial charge in [-0.1, -0.05) is 20.8 Å². The molecule has 0 amide bonds. The molecule has 0 heterocycles. The Morgan fingerprint density at radius 2 is 1.82 bits per heavy atom. The maximum absolute atomic E-state index is 5.13. The van der Waals surface area contributed by atoms with Crippen LogP contribution in [0.4, 0.5) is 0 Å². The third-order valence-electron chi connectivity index (χ3n) is 3.27. The molecule has 0 aliphatic carbocycles. The van der Waals surface area contributed by atoms with E-state index < -0.39 is 0 Å². The zero-order valence-electron chi connectivity index (χ0n) is 12.5. The van der Waals surface area contributed by atoms with E-state index in [0.717, 1.165) is 13.2 Å². The zero-order valence-corrected chi connectivity index (χ0v) is 12.5. The molecular formula is C14H32N2O. The molecule has 0 aromatic rings. The van der Waals surface area contributed by atoms with Gasteiger partial charge in [0.1, 0.15) is 0 Å². The molecule has 0 aromatic heterocycles. The Morgan fingerprint density at radius 1 is 1.18 bits per heavy atom. The van der Waals surface area contributed by atoms with Gasteiger partial charge >= 0.3 is 0 Å². The van der Waals surface area contributed by atoms with Gasteiger partial charge in [0.25, 0.3) is 0 Å². The molecule has 0 aromatic carbocycles. The molecular weight excluding hydrogens is 212 g/mol. The second-order valence-electron chi connectivity index (χ2n) is 5.04. The number of ether oxygens (including phenoxy) is 1. The van der Waals surface area contributed by atoms with Crippen LogP contribution >= 0.6 is 0 Å². The Bertz CT molecular complexity index is 160. The first-order chi connectivity index (χ1) is 8.13. The third-order valence-corrected chi connectivity index (χ3v) is 3.27. The number of methoxy groups -OCH3 is 1. The van der Waals surface area contributed by atoms with Crippen LogP contribution in [0.1, 0.15) is 40.5 Å². The van der Waals surface area contributed by atoms with Crippen molar-refractivity contribution in [1.29, 1.82) is 0 Å². The maximum atomic E-state index is 5.13. The zero-order chi connectivity index (χ0) is 13.1. The molecule has 0 saturated heterocycles. The normalized spacial score (nSPS) is 15.2. The second kappa shape index (κ2) is 11.0.